The fourth-order valence-electron chi connectivity index (χ4n) is 1.99. The van der Waals surface area contributed by atoms with E-state index >= 15 is 0 Å². The number of carbonyl (C=O) groups excluding carboxylic acids is 1. The maximum absolute atomic E-state index is 12.1. The van der Waals surface area contributed by atoms with Gasteiger partial charge in [-0.2, -0.15) is 0 Å². The summed E-state index contributed by atoms with van der Waals surface area (Å²) >= 11 is 0. The summed E-state index contributed by atoms with van der Waals surface area (Å²) < 4.78 is 0. The highest BCUT2D eigenvalue weighted by Gasteiger charge is 2.20. The van der Waals surface area contributed by atoms with Crippen LogP contribution in [0.15, 0.2) is 12.7 Å². The third-order valence-corrected chi connectivity index (χ3v) is 2.63. The average molecular weight is 285 g/mol. The number of carboxylic acid groups (broad SMARTS) is 1. The Kier molecular flexibility index (Phi) is 8.63. The Labute approximate surface area is 121 Å². The molecule has 0 heterocycles. The molecule has 0 aromatic carbocycles. The first-order valence-electron chi connectivity index (χ1n) is 6.79. The van der Waals surface area contributed by atoms with Crippen molar-refractivity contribution in [2.75, 3.05) is 33.7 Å². The molecular formula is C14H27N3O3. The number of aliphatic carboxylic acids is 1. The molecule has 1 unspecified atom stereocenters. The number of hydrogen-bond donors (Lipinski definition) is 2. The molecule has 2 N–H and O–H groups in total. The summed E-state index contributed by atoms with van der Waals surface area (Å²) in [4.78, 5) is 26.1. The lowest BCUT2D eigenvalue weighted by Crippen LogP contribution is -2.49. The SMILES string of the molecule is C=CCN(CC(=O)O)C(=O)NC(CC(C)C)CN(C)C. The van der Waals surface area contributed by atoms with Gasteiger partial charge in [0.25, 0.3) is 0 Å². The first kappa shape index (κ1) is 18.4. The Morgan fingerprint density at radius 2 is 1.95 bits per heavy atom. The number of urea groups is 1. The summed E-state index contributed by atoms with van der Waals surface area (Å²) in [6, 6.07) is -0.363. The van der Waals surface area contributed by atoms with E-state index in [1.165, 1.54) is 11.0 Å². The van der Waals surface area contributed by atoms with Gasteiger partial charge in [-0.1, -0.05) is 19.9 Å². The molecule has 0 aliphatic heterocycles. The summed E-state index contributed by atoms with van der Waals surface area (Å²) in [6.07, 6.45) is 2.37. The van der Waals surface area contributed by atoms with Crippen molar-refractivity contribution in [2.45, 2.75) is 26.3 Å². The van der Waals surface area contributed by atoms with E-state index in [0.717, 1.165) is 13.0 Å². The van der Waals surface area contributed by atoms with Crippen molar-refractivity contribution in [3.8, 4) is 0 Å². The number of nitrogens with zero attached hydrogens (tertiary/aromatic N) is 2. The second-order valence-electron chi connectivity index (χ2n) is 5.60. The molecule has 0 radical (unpaired) electrons. The minimum Gasteiger partial charge on any atom is -0.480 e. The molecule has 6 heteroatoms. The fourth-order valence-corrected chi connectivity index (χ4v) is 1.99. The van der Waals surface area contributed by atoms with Crippen LogP contribution < -0.4 is 5.32 Å². The zero-order chi connectivity index (χ0) is 15.7. The van der Waals surface area contributed by atoms with Crippen LogP contribution in [0.3, 0.4) is 0 Å². The minimum atomic E-state index is -1.03. The molecule has 0 saturated heterocycles. The van der Waals surface area contributed by atoms with E-state index in [0.29, 0.717) is 5.92 Å². The Morgan fingerprint density at radius 1 is 1.35 bits per heavy atom. The van der Waals surface area contributed by atoms with Crippen molar-refractivity contribution in [2.24, 2.45) is 5.92 Å². The summed E-state index contributed by atoms with van der Waals surface area (Å²) in [5.74, 6) is -0.581. The van der Waals surface area contributed by atoms with Crippen LogP contribution in [-0.2, 0) is 4.79 Å². The van der Waals surface area contributed by atoms with E-state index < -0.39 is 5.97 Å². The van der Waals surface area contributed by atoms with Gasteiger partial charge in [-0.15, -0.1) is 6.58 Å². The van der Waals surface area contributed by atoms with Gasteiger partial charge < -0.3 is 20.2 Å². The normalized spacial score (nSPS) is 12.3. The lowest BCUT2D eigenvalue weighted by atomic mass is 10.0. The second kappa shape index (κ2) is 9.36. The summed E-state index contributed by atoms with van der Waals surface area (Å²) in [7, 11) is 3.89. The van der Waals surface area contributed by atoms with Gasteiger partial charge in [0.2, 0.25) is 0 Å². The molecule has 6 nitrogen and oxygen atoms in total. The third-order valence-electron chi connectivity index (χ3n) is 2.63. The smallest absolute Gasteiger partial charge is 0.323 e. The Hall–Kier alpha value is -1.56. The molecule has 0 fully saturated rings. The fraction of sp³-hybridized carbons (Fsp3) is 0.714. The van der Waals surface area contributed by atoms with Crippen LogP contribution in [-0.4, -0.2) is 66.7 Å². The molecule has 20 heavy (non-hydrogen) atoms. The average Bonchev–Trinajstić information content (AvgIpc) is 2.25. The minimum absolute atomic E-state index is 0.00129. The molecule has 2 amide bonds. The largest absolute Gasteiger partial charge is 0.480 e. The van der Waals surface area contributed by atoms with E-state index in [1.54, 1.807) is 0 Å². The molecule has 0 aliphatic rings. The molecule has 1 atom stereocenters. The van der Waals surface area contributed by atoms with Crippen LogP contribution in [0.25, 0.3) is 0 Å². The highest BCUT2D eigenvalue weighted by molar-refractivity contribution is 5.80. The number of rotatable bonds is 9. The van der Waals surface area contributed by atoms with Crippen molar-refractivity contribution in [3.05, 3.63) is 12.7 Å². The van der Waals surface area contributed by atoms with E-state index in [9.17, 15) is 9.59 Å². The highest BCUT2D eigenvalue weighted by atomic mass is 16.4. The molecule has 0 aliphatic carbocycles. The van der Waals surface area contributed by atoms with Gasteiger partial charge in [-0.05, 0) is 26.4 Å². The van der Waals surface area contributed by atoms with Gasteiger partial charge in [0.05, 0.1) is 0 Å². The van der Waals surface area contributed by atoms with E-state index in [1.807, 2.05) is 19.0 Å². The molecule has 0 aromatic rings. The first-order valence-corrected chi connectivity index (χ1v) is 6.79. The summed E-state index contributed by atoms with van der Waals surface area (Å²) in [5.41, 5.74) is 0. The summed E-state index contributed by atoms with van der Waals surface area (Å²) in [5, 5.41) is 11.7. The highest BCUT2D eigenvalue weighted by Crippen LogP contribution is 2.06. The summed E-state index contributed by atoms with van der Waals surface area (Å²) in [6.45, 7) is 8.34. The molecule has 0 rings (SSSR count). The quantitative estimate of drug-likeness (QED) is 0.625. The standard InChI is InChI=1S/C14H27N3O3/c1-6-7-17(10-13(18)19)14(20)15-12(8-11(2)3)9-16(4)5/h6,11-12H,1,7-10H2,2-5H3,(H,15,20)(H,18,19). The van der Waals surface area contributed by atoms with Gasteiger partial charge in [-0.25, -0.2) is 4.79 Å². The van der Waals surface area contributed by atoms with Crippen LogP contribution in [0.1, 0.15) is 20.3 Å². The van der Waals surface area contributed by atoms with E-state index in [-0.39, 0.29) is 25.2 Å². The van der Waals surface area contributed by atoms with Crippen molar-refractivity contribution in [1.82, 2.24) is 15.1 Å². The lowest BCUT2D eigenvalue weighted by molar-refractivity contribution is -0.137. The molecular weight excluding hydrogens is 258 g/mol. The van der Waals surface area contributed by atoms with Crippen molar-refractivity contribution in [1.29, 1.82) is 0 Å². The van der Waals surface area contributed by atoms with Gasteiger partial charge >= 0.3 is 12.0 Å². The zero-order valence-corrected chi connectivity index (χ0v) is 12.9. The van der Waals surface area contributed by atoms with Crippen LogP contribution in [0.2, 0.25) is 0 Å². The molecule has 0 spiro atoms. The Bertz CT molecular complexity index is 320. The number of nitrogens with one attached hydrogen (secondary N) is 1. The number of likely N-dealkylation sites (N-methyl/N-ethyl adjacent to an activating group) is 1. The Balaban J connectivity index is 4.66. The predicted octanol–water partition coefficient (Wildman–Crippen LogP) is 1.24. The van der Waals surface area contributed by atoms with E-state index in [2.05, 4.69) is 25.7 Å². The first-order chi connectivity index (χ1) is 9.26. The van der Waals surface area contributed by atoms with Crippen LogP contribution >= 0.6 is 0 Å². The monoisotopic (exact) mass is 285 g/mol. The van der Waals surface area contributed by atoms with Crippen molar-refractivity contribution in [3.63, 3.8) is 0 Å². The molecule has 0 saturated carbocycles. The van der Waals surface area contributed by atoms with Crippen molar-refractivity contribution < 1.29 is 14.7 Å². The van der Waals surface area contributed by atoms with Gasteiger partial charge in [0.1, 0.15) is 6.54 Å². The maximum Gasteiger partial charge on any atom is 0.323 e. The van der Waals surface area contributed by atoms with Crippen LogP contribution in [0.4, 0.5) is 4.79 Å². The van der Waals surface area contributed by atoms with Crippen LogP contribution in [0.5, 0.6) is 0 Å². The van der Waals surface area contributed by atoms with E-state index in [4.69, 9.17) is 5.11 Å². The predicted molar refractivity (Wildman–Crippen MR) is 79.7 cm³/mol. The Morgan fingerprint density at radius 3 is 2.35 bits per heavy atom. The molecule has 0 aromatic heterocycles. The number of amides is 2. The topological polar surface area (TPSA) is 72.9 Å². The van der Waals surface area contributed by atoms with Gasteiger partial charge in [-0.3, -0.25) is 4.79 Å². The molecule has 0 bridgehead atoms. The number of carboxylic acids is 1. The number of carbonyl (C=O) groups is 2. The van der Waals surface area contributed by atoms with Gasteiger partial charge in [0.15, 0.2) is 0 Å². The molecule has 116 valence electrons. The third kappa shape index (κ3) is 8.53. The van der Waals surface area contributed by atoms with Crippen molar-refractivity contribution >= 4 is 12.0 Å². The maximum atomic E-state index is 12.1. The van der Waals surface area contributed by atoms with Gasteiger partial charge in [0, 0.05) is 19.1 Å². The second-order valence-corrected chi connectivity index (χ2v) is 5.60. The van der Waals surface area contributed by atoms with Crippen LogP contribution in [0, 0.1) is 5.92 Å². The lowest BCUT2D eigenvalue weighted by Gasteiger charge is -2.27. The number of hydrogen-bond acceptors (Lipinski definition) is 3. The zero-order valence-electron chi connectivity index (χ0n) is 12.9.